The van der Waals surface area contributed by atoms with Crippen LogP contribution >= 0.6 is 27.9 Å². The van der Waals surface area contributed by atoms with Crippen LogP contribution in [0.5, 0.6) is 0 Å². The molecule has 0 saturated carbocycles. The van der Waals surface area contributed by atoms with Gasteiger partial charge < -0.3 is 0 Å². The molecule has 5 heteroatoms. The number of unbranched alkanes of at least 4 members (excludes halogenated alkanes) is 1. The molecule has 2 unspecified atom stereocenters. The Labute approximate surface area is 186 Å². The first kappa shape index (κ1) is 22.7. The molecule has 0 aliphatic heterocycles. The summed E-state index contributed by atoms with van der Waals surface area (Å²) >= 11 is -3.77. The molecule has 0 spiro atoms. The van der Waals surface area contributed by atoms with Gasteiger partial charge in [-0.2, -0.15) is 0 Å². The molecule has 150 valence electrons. The summed E-state index contributed by atoms with van der Waals surface area (Å²) in [5.41, 5.74) is 6.49. The van der Waals surface area contributed by atoms with E-state index < -0.39 is 24.8 Å². The summed E-state index contributed by atoms with van der Waals surface area (Å²) in [4.78, 5) is 0. The Morgan fingerprint density at radius 1 is 1.00 bits per heavy atom. The van der Waals surface area contributed by atoms with E-state index in [1.807, 2.05) is 0 Å². The van der Waals surface area contributed by atoms with Crippen molar-refractivity contribution in [2.24, 2.45) is 0 Å². The second-order valence-electron chi connectivity index (χ2n) is 8.44. The number of halogens is 3. The molecule has 0 bridgehead atoms. The first-order valence-electron chi connectivity index (χ1n) is 10.0. The maximum absolute atomic E-state index is 7.07. The minimum atomic E-state index is -3.77. The summed E-state index contributed by atoms with van der Waals surface area (Å²) < 4.78 is -0.409. The van der Waals surface area contributed by atoms with Gasteiger partial charge in [0.25, 0.3) is 0 Å². The predicted octanol–water partition coefficient (Wildman–Crippen LogP) is 7.77. The van der Waals surface area contributed by atoms with Crippen molar-refractivity contribution < 1.29 is 13.4 Å². The molecule has 0 nitrogen and oxygen atoms in total. The normalized spacial score (nSPS) is 20.9. The van der Waals surface area contributed by atoms with Crippen molar-refractivity contribution in [3.05, 3.63) is 70.3 Å². The van der Waals surface area contributed by atoms with E-state index in [4.69, 9.17) is 27.9 Å². The van der Waals surface area contributed by atoms with E-state index in [0.29, 0.717) is 0 Å². The molecule has 3 rings (SSSR count). The molecule has 28 heavy (non-hydrogen) atoms. The van der Waals surface area contributed by atoms with Gasteiger partial charge in [0.05, 0.1) is 0 Å². The van der Waals surface area contributed by atoms with E-state index in [9.17, 15) is 0 Å². The third-order valence-corrected chi connectivity index (χ3v) is 23.8. The van der Waals surface area contributed by atoms with Gasteiger partial charge in [-0.25, -0.2) is 0 Å². The van der Waals surface area contributed by atoms with Crippen molar-refractivity contribution >= 4 is 47.3 Å². The zero-order valence-corrected chi connectivity index (χ0v) is 22.2. The average molecular weight is 488 g/mol. The molecule has 0 aromatic heterocycles. The van der Waals surface area contributed by atoms with Crippen LogP contribution in [0.2, 0.25) is 12.6 Å². The summed E-state index contributed by atoms with van der Waals surface area (Å²) in [6.07, 6.45) is 6.82. The molecule has 0 heterocycles. The fourth-order valence-corrected chi connectivity index (χ4v) is 26.5. The molecule has 2 aromatic carbocycles. The summed E-state index contributed by atoms with van der Waals surface area (Å²) in [7, 11) is 19.0. The zero-order chi connectivity index (χ0) is 20.7. The maximum atomic E-state index is 7.07. The van der Waals surface area contributed by atoms with Crippen LogP contribution in [0.25, 0.3) is 6.08 Å². The van der Waals surface area contributed by atoms with Crippen LogP contribution in [0, 0.1) is 20.8 Å². The molecule has 2 aromatic rings. The van der Waals surface area contributed by atoms with Crippen molar-refractivity contribution in [2.75, 3.05) is 0 Å². The van der Waals surface area contributed by atoms with Crippen LogP contribution in [-0.4, -0.2) is 8.07 Å². The topological polar surface area (TPSA) is 0 Å². The monoisotopic (exact) mass is 486 g/mol. The van der Waals surface area contributed by atoms with Crippen molar-refractivity contribution in [3.63, 3.8) is 0 Å². The number of hydrogen-bond donors (Lipinski definition) is 0. The second-order valence-corrected chi connectivity index (χ2v) is 25.9. The molecule has 0 N–H and O–H groups in total. The van der Waals surface area contributed by atoms with Crippen molar-refractivity contribution in [1.82, 2.24) is 0 Å². The molecule has 0 fully saturated rings. The van der Waals surface area contributed by atoms with Gasteiger partial charge in [-0.1, -0.05) is 0 Å². The Hall–Kier alpha value is -0.0188. The molecule has 0 amide bonds. The fourth-order valence-electron chi connectivity index (χ4n) is 5.45. The Bertz CT molecular complexity index is 895. The number of aryl methyl sites for hydroxylation is 3. The Kier molecular flexibility index (Phi) is 6.68. The van der Waals surface area contributed by atoms with Crippen molar-refractivity contribution in [2.45, 2.75) is 56.5 Å². The summed E-state index contributed by atoms with van der Waals surface area (Å²) in [5, 5.41) is 1.49. The molecule has 2 atom stereocenters. The van der Waals surface area contributed by atoms with E-state index in [2.05, 4.69) is 82.8 Å². The third kappa shape index (κ3) is 3.51. The number of rotatable bonds is 6. The van der Waals surface area contributed by atoms with E-state index in [-0.39, 0.29) is 0 Å². The van der Waals surface area contributed by atoms with E-state index >= 15 is 0 Å². The zero-order valence-electron chi connectivity index (χ0n) is 17.4. The van der Waals surface area contributed by atoms with Crippen LogP contribution < -0.4 is 5.19 Å². The van der Waals surface area contributed by atoms with Gasteiger partial charge in [0.1, 0.15) is 0 Å². The van der Waals surface area contributed by atoms with E-state index in [1.54, 1.807) is 0 Å². The second kappa shape index (κ2) is 8.25. The van der Waals surface area contributed by atoms with Crippen LogP contribution in [0.3, 0.4) is 0 Å². The van der Waals surface area contributed by atoms with Gasteiger partial charge in [-0.15, -0.1) is 0 Å². The minimum absolute atomic E-state index is 0.409. The van der Waals surface area contributed by atoms with Crippen LogP contribution in [-0.2, 0) is 16.7 Å². The molecule has 0 saturated heterocycles. The quantitative estimate of drug-likeness (QED) is 0.365. The number of fused-ring (bicyclic) bond motifs is 1. The van der Waals surface area contributed by atoms with Gasteiger partial charge >= 0.3 is 187 Å². The van der Waals surface area contributed by atoms with E-state index in [0.717, 1.165) is 18.9 Å². The summed E-state index contributed by atoms with van der Waals surface area (Å²) in [6, 6.07) is 14.3. The van der Waals surface area contributed by atoms with E-state index in [1.165, 1.54) is 33.0 Å². The van der Waals surface area contributed by atoms with Crippen LogP contribution in [0.4, 0.5) is 0 Å². The number of allylic oxidation sites excluding steroid dienone is 1. The van der Waals surface area contributed by atoms with Gasteiger partial charge in [0.15, 0.2) is 0 Å². The molecule has 0 radical (unpaired) electrons. The Morgan fingerprint density at radius 2 is 1.61 bits per heavy atom. The Morgan fingerprint density at radius 3 is 2.18 bits per heavy atom. The van der Waals surface area contributed by atoms with Gasteiger partial charge in [-0.05, 0) is 0 Å². The number of hydrogen-bond acceptors (Lipinski definition) is 0. The Balaban J connectivity index is 2.39. The molecular formula is C23H29Cl3SiTi. The first-order chi connectivity index (χ1) is 13.1. The van der Waals surface area contributed by atoms with Gasteiger partial charge in [-0.3, -0.25) is 0 Å². The van der Waals surface area contributed by atoms with Gasteiger partial charge in [0.2, 0.25) is 0 Å². The SMILES string of the molecule is CCCC[Si](C)(c1c(C)cc(C)cc1C)[C]1([Ti]([Cl])([Cl])[Cl])C=Cc2ccccc21. The summed E-state index contributed by atoms with van der Waals surface area (Å²) in [6.45, 7) is 11.4. The van der Waals surface area contributed by atoms with Gasteiger partial charge in [0, 0.05) is 0 Å². The molecular weight excluding hydrogens is 459 g/mol. The van der Waals surface area contributed by atoms with Crippen molar-refractivity contribution in [1.29, 1.82) is 0 Å². The first-order valence-corrected chi connectivity index (χ1v) is 20.0. The third-order valence-electron chi connectivity index (χ3n) is 6.48. The van der Waals surface area contributed by atoms with Crippen molar-refractivity contribution in [3.8, 4) is 0 Å². The standard InChI is InChI=1S/C23H29Si.3ClH.Ti/c1-6-7-14-24(5,23-18(3)15-17(2)16-19(23)4)22-13-12-20-10-8-9-11-21(20)22;;;;/h8-13,15-16H,6-7,14H2,1-5H3;3*1H;/q;;;;+3/p-3. The molecule has 1 aliphatic carbocycles. The summed E-state index contributed by atoms with van der Waals surface area (Å²) in [5.74, 6) is 0. The number of benzene rings is 2. The van der Waals surface area contributed by atoms with Crippen LogP contribution in [0.15, 0.2) is 42.5 Å². The van der Waals surface area contributed by atoms with Crippen LogP contribution in [0.1, 0.15) is 47.6 Å². The molecule has 1 aliphatic rings. The average Bonchev–Trinajstić information content (AvgIpc) is 3.00. The fraction of sp³-hybridized carbons (Fsp3) is 0.391. The predicted molar refractivity (Wildman–Crippen MR) is 126 cm³/mol.